The molecule has 0 aliphatic rings. The van der Waals surface area contributed by atoms with Crippen LogP contribution in [0, 0.1) is 0 Å². The van der Waals surface area contributed by atoms with Gasteiger partial charge in [-0.1, -0.05) is 79.7 Å². The number of carbonyl (C=O) groups is 3. The van der Waals surface area contributed by atoms with E-state index >= 15 is 0 Å². The van der Waals surface area contributed by atoms with Crippen LogP contribution in [-0.2, 0) is 27.2 Å². The molecule has 0 aliphatic heterocycles. The molecule has 1 atom stereocenters. The molecule has 0 saturated carbocycles. The van der Waals surface area contributed by atoms with E-state index in [2.05, 4.69) is 10.7 Å². The van der Waals surface area contributed by atoms with E-state index in [1.807, 2.05) is 84.2 Å². The van der Waals surface area contributed by atoms with Crippen molar-refractivity contribution in [1.29, 1.82) is 0 Å². The highest BCUT2D eigenvalue weighted by Gasteiger charge is 2.26. The first-order valence-electron chi connectivity index (χ1n) is 12.4. The van der Waals surface area contributed by atoms with Crippen molar-refractivity contribution >= 4 is 40.1 Å². The summed E-state index contributed by atoms with van der Waals surface area (Å²) < 4.78 is 5.01. The number of carbonyl (C=O) groups excluding carboxylic acids is 3. The topological polar surface area (TPSA) is 72.5 Å². The third-order valence-electron chi connectivity index (χ3n) is 6.18. The van der Waals surface area contributed by atoms with Gasteiger partial charge >= 0.3 is 5.97 Å². The SMILES string of the molecule is CCC(=O)N[C@@H](Cc1ccc(-c2ccsc2)c(SC(=O)c2ccccc2)c1Cc1ccccc1)C(=O)OC. The molecule has 1 heterocycles. The number of rotatable bonds is 10. The van der Waals surface area contributed by atoms with Crippen molar-refractivity contribution < 1.29 is 19.1 Å². The van der Waals surface area contributed by atoms with Crippen LogP contribution in [0.3, 0.4) is 0 Å². The maximum atomic E-state index is 13.4. The molecular weight excluding hydrogens is 514 g/mol. The van der Waals surface area contributed by atoms with E-state index in [1.54, 1.807) is 18.3 Å². The van der Waals surface area contributed by atoms with Crippen LogP contribution in [0.2, 0.25) is 0 Å². The molecule has 3 aromatic carbocycles. The Morgan fingerprint density at radius 1 is 0.947 bits per heavy atom. The molecule has 0 saturated heterocycles. The molecule has 0 spiro atoms. The third kappa shape index (κ3) is 6.79. The number of hydrogen-bond acceptors (Lipinski definition) is 6. The highest BCUT2D eigenvalue weighted by molar-refractivity contribution is 8.14. The number of nitrogens with one attached hydrogen (secondary N) is 1. The summed E-state index contributed by atoms with van der Waals surface area (Å²) in [6.45, 7) is 1.74. The summed E-state index contributed by atoms with van der Waals surface area (Å²) in [6, 6.07) is 24.5. The smallest absolute Gasteiger partial charge is 0.328 e. The van der Waals surface area contributed by atoms with E-state index in [9.17, 15) is 14.4 Å². The van der Waals surface area contributed by atoms with Crippen molar-refractivity contribution in [2.75, 3.05) is 7.11 Å². The number of benzene rings is 3. The monoisotopic (exact) mass is 543 g/mol. The van der Waals surface area contributed by atoms with Gasteiger partial charge < -0.3 is 10.1 Å². The van der Waals surface area contributed by atoms with Crippen LogP contribution in [0.5, 0.6) is 0 Å². The molecule has 7 heteroatoms. The van der Waals surface area contributed by atoms with Crippen LogP contribution in [0.15, 0.2) is 94.5 Å². The number of ether oxygens (including phenoxy) is 1. The van der Waals surface area contributed by atoms with Crippen molar-refractivity contribution in [3.05, 3.63) is 112 Å². The van der Waals surface area contributed by atoms with Gasteiger partial charge in [-0.15, -0.1) is 0 Å². The fourth-order valence-corrected chi connectivity index (χ4v) is 5.91. The molecular formula is C31H29NO4S2. The molecule has 1 N–H and O–H groups in total. The van der Waals surface area contributed by atoms with E-state index in [0.29, 0.717) is 12.0 Å². The van der Waals surface area contributed by atoms with Gasteiger partial charge in [-0.05, 0) is 62.8 Å². The van der Waals surface area contributed by atoms with Crippen molar-refractivity contribution in [2.45, 2.75) is 37.1 Å². The quantitative estimate of drug-likeness (QED) is 0.181. The molecule has 0 unspecified atom stereocenters. The van der Waals surface area contributed by atoms with Crippen LogP contribution in [-0.4, -0.2) is 30.1 Å². The minimum Gasteiger partial charge on any atom is -0.467 e. The molecule has 4 rings (SSSR count). The fourth-order valence-electron chi connectivity index (χ4n) is 4.19. The number of esters is 1. The summed E-state index contributed by atoms with van der Waals surface area (Å²) in [5, 5.41) is 6.82. The predicted octanol–water partition coefficient (Wildman–Crippen LogP) is 6.55. The average Bonchev–Trinajstić information content (AvgIpc) is 3.49. The van der Waals surface area contributed by atoms with Gasteiger partial charge in [0.25, 0.3) is 0 Å². The number of thiophene rings is 1. The molecule has 1 amide bonds. The lowest BCUT2D eigenvalue weighted by Gasteiger charge is -2.22. The van der Waals surface area contributed by atoms with Gasteiger partial charge in [0.2, 0.25) is 11.0 Å². The summed E-state index contributed by atoms with van der Waals surface area (Å²) in [5.41, 5.74) is 5.52. The number of hydrogen-bond donors (Lipinski definition) is 1. The van der Waals surface area contributed by atoms with Crippen molar-refractivity contribution in [1.82, 2.24) is 5.32 Å². The molecule has 0 radical (unpaired) electrons. The largest absolute Gasteiger partial charge is 0.467 e. The fraction of sp³-hybridized carbons (Fsp3) is 0.194. The lowest BCUT2D eigenvalue weighted by Crippen LogP contribution is -2.43. The van der Waals surface area contributed by atoms with Gasteiger partial charge in [0.15, 0.2) is 0 Å². The summed E-state index contributed by atoms with van der Waals surface area (Å²) in [5.74, 6) is -0.734. The normalized spacial score (nSPS) is 11.5. The molecule has 1 aromatic heterocycles. The molecule has 5 nitrogen and oxygen atoms in total. The Bertz CT molecular complexity index is 1390. The first kappa shape index (κ1) is 27.4. The molecule has 0 aliphatic carbocycles. The third-order valence-corrected chi connectivity index (χ3v) is 7.96. The Labute approximate surface area is 231 Å². The minimum absolute atomic E-state index is 0.0580. The first-order chi connectivity index (χ1) is 18.5. The van der Waals surface area contributed by atoms with Crippen LogP contribution in [0.1, 0.15) is 40.4 Å². The van der Waals surface area contributed by atoms with Crippen molar-refractivity contribution in [3.8, 4) is 11.1 Å². The van der Waals surface area contributed by atoms with Gasteiger partial charge in [-0.25, -0.2) is 4.79 Å². The number of amides is 1. The number of thioether (sulfide) groups is 1. The summed E-state index contributed by atoms with van der Waals surface area (Å²) in [4.78, 5) is 39.2. The summed E-state index contributed by atoms with van der Waals surface area (Å²) in [6.07, 6.45) is 1.07. The average molecular weight is 544 g/mol. The minimum atomic E-state index is -0.836. The Hall–Kier alpha value is -3.68. The Kier molecular flexibility index (Phi) is 9.51. The van der Waals surface area contributed by atoms with E-state index in [0.717, 1.165) is 32.7 Å². The highest BCUT2D eigenvalue weighted by atomic mass is 32.2. The van der Waals surface area contributed by atoms with Crippen LogP contribution >= 0.6 is 23.1 Å². The second-order valence-electron chi connectivity index (χ2n) is 8.71. The van der Waals surface area contributed by atoms with E-state index < -0.39 is 12.0 Å². The standard InChI is InChI=1S/C31H29NO4S2/c1-3-28(33)32-27(30(34)36-2)19-23-14-15-25(24-16-17-37-20-24)29(26(23)18-21-10-6-4-7-11-21)38-31(35)22-12-8-5-9-13-22/h4-17,20,27H,3,18-19H2,1-2H3,(H,32,33)/t27-/m0/s1. The van der Waals surface area contributed by atoms with Gasteiger partial charge in [0.1, 0.15) is 6.04 Å². The Balaban J connectivity index is 1.85. The Morgan fingerprint density at radius 3 is 2.29 bits per heavy atom. The van der Waals surface area contributed by atoms with Crippen LogP contribution in [0.25, 0.3) is 11.1 Å². The lowest BCUT2D eigenvalue weighted by atomic mass is 9.92. The van der Waals surface area contributed by atoms with Crippen LogP contribution < -0.4 is 5.32 Å². The zero-order valence-corrected chi connectivity index (χ0v) is 22.9. The lowest BCUT2D eigenvalue weighted by molar-refractivity contribution is -0.145. The zero-order valence-electron chi connectivity index (χ0n) is 21.3. The second-order valence-corrected chi connectivity index (χ2v) is 10.5. The van der Waals surface area contributed by atoms with Crippen LogP contribution in [0.4, 0.5) is 0 Å². The zero-order chi connectivity index (χ0) is 26.9. The maximum Gasteiger partial charge on any atom is 0.328 e. The summed E-state index contributed by atoms with van der Waals surface area (Å²) >= 11 is 2.80. The van der Waals surface area contributed by atoms with E-state index in [4.69, 9.17) is 4.74 Å². The van der Waals surface area contributed by atoms with Crippen molar-refractivity contribution in [3.63, 3.8) is 0 Å². The van der Waals surface area contributed by atoms with Crippen molar-refractivity contribution in [2.24, 2.45) is 0 Å². The Morgan fingerprint density at radius 2 is 1.66 bits per heavy atom. The van der Waals surface area contributed by atoms with Gasteiger partial charge in [-0.2, -0.15) is 11.3 Å². The molecule has 0 fully saturated rings. The summed E-state index contributed by atoms with van der Waals surface area (Å²) in [7, 11) is 1.32. The second kappa shape index (κ2) is 13.2. The molecule has 38 heavy (non-hydrogen) atoms. The predicted molar refractivity (Wildman–Crippen MR) is 154 cm³/mol. The van der Waals surface area contributed by atoms with Gasteiger partial charge in [-0.3, -0.25) is 9.59 Å². The molecule has 0 bridgehead atoms. The molecule has 194 valence electrons. The molecule has 4 aromatic rings. The first-order valence-corrected chi connectivity index (χ1v) is 14.1. The van der Waals surface area contributed by atoms with Gasteiger partial charge in [0.05, 0.1) is 7.11 Å². The van der Waals surface area contributed by atoms with E-state index in [-0.39, 0.29) is 23.9 Å². The van der Waals surface area contributed by atoms with E-state index in [1.165, 1.54) is 18.9 Å². The maximum absolute atomic E-state index is 13.4. The van der Waals surface area contributed by atoms with Gasteiger partial charge in [0, 0.05) is 23.3 Å². The number of methoxy groups -OCH3 is 1. The highest BCUT2D eigenvalue weighted by Crippen LogP contribution is 2.40.